The highest BCUT2D eigenvalue weighted by molar-refractivity contribution is 9.10. The van der Waals surface area contributed by atoms with Gasteiger partial charge in [0.25, 0.3) is 0 Å². The van der Waals surface area contributed by atoms with Crippen LogP contribution in [0.25, 0.3) is 5.52 Å². The predicted octanol–water partition coefficient (Wildman–Crippen LogP) is 4.82. The van der Waals surface area contributed by atoms with E-state index in [9.17, 15) is 4.79 Å². The molecule has 2 unspecified atom stereocenters. The van der Waals surface area contributed by atoms with E-state index in [0.717, 1.165) is 16.8 Å². The number of imidazole rings is 1. The first-order valence-electron chi connectivity index (χ1n) is 11.7. The SMILES string of the molecule is COc1ccc(CNc2nccn3c(C4CN(C(=O)OC(C)(C)C)C(C)CO4)nc(Br)c23)c(OC)c1. The summed E-state index contributed by atoms with van der Waals surface area (Å²) in [7, 11) is 3.25. The fraction of sp³-hybridized carbons (Fsp3) is 0.480. The fourth-order valence-electron chi connectivity index (χ4n) is 4.04. The van der Waals surface area contributed by atoms with Crippen LogP contribution in [0.4, 0.5) is 10.6 Å². The molecule has 3 heterocycles. The molecule has 0 bridgehead atoms. The van der Waals surface area contributed by atoms with Crippen molar-refractivity contribution in [1.29, 1.82) is 0 Å². The summed E-state index contributed by atoms with van der Waals surface area (Å²) < 4.78 is 25.1. The maximum absolute atomic E-state index is 12.8. The van der Waals surface area contributed by atoms with Gasteiger partial charge in [0, 0.05) is 30.6 Å². The van der Waals surface area contributed by atoms with E-state index in [-0.39, 0.29) is 12.1 Å². The van der Waals surface area contributed by atoms with Crippen molar-refractivity contribution >= 4 is 33.4 Å². The molecule has 36 heavy (non-hydrogen) atoms. The molecule has 0 aliphatic carbocycles. The third-order valence-corrected chi connectivity index (χ3v) is 6.38. The average Bonchev–Trinajstić information content (AvgIpc) is 3.18. The van der Waals surface area contributed by atoms with Crippen LogP contribution in [0, 0.1) is 0 Å². The highest BCUT2D eigenvalue weighted by atomic mass is 79.9. The molecular weight excluding hydrogens is 530 g/mol. The van der Waals surface area contributed by atoms with E-state index in [4.69, 9.17) is 23.9 Å². The van der Waals surface area contributed by atoms with E-state index in [0.29, 0.717) is 41.7 Å². The molecule has 0 saturated carbocycles. The second-order valence-corrected chi connectivity index (χ2v) is 10.3. The van der Waals surface area contributed by atoms with Gasteiger partial charge in [0.1, 0.15) is 39.1 Å². The standard InChI is InChI=1S/C25H32BrN5O5/c1-15-14-35-19(13-31(15)24(32)36-25(2,3)4)23-29-21(26)20-22(27-9-10-30(20)23)28-12-16-7-8-17(33-5)11-18(16)34-6/h7-11,15,19H,12-14H2,1-6H3,(H,27,28). The number of anilines is 1. The average molecular weight is 562 g/mol. The molecule has 4 rings (SSSR count). The quantitative estimate of drug-likeness (QED) is 0.457. The lowest BCUT2D eigenvalue weighted by Crippen LogP contribution is -2.50. The Morgan fingerprint density at radius 3 is 2.75 bits per heavy atom. The van der Waals surface area contributed by atoms with E-state index in [1.807, 2.05) is 56.5 Å². The molecule has 1 aliphatic heterocycles. The summed E-state index contributed by atoms with van der Waals surface area (Å²) >= 11 is 3.59. The first kappa shape index (κ1) is 26.0. The molecule has 3 aromatic rings. The molecule has 1 saturated heterocycles. The molecule has 10 nitrogen and oxygen atoms in total. The molecule has 1 amide bonds. The van der Waals surface area contributed by atoms with Gasteiger partial charge in [0.05, 0.1) is 33.4 Å². The van der Waals surface area contributed by atoms with Crippen LogP contribution in [-0.2, 0) is 16.0 Å². The van der Waals surface area contributed by atoms with Crippen molar-refractivity contribution < 1.29 is 23.7 Å². The van der Waals surface area contributed by atoms with Gasteiger partial charge in [-0.2, -0.15) is 0 Å². The molecule has 2 atom stereocenters. The minimum absolute atomic E-state index is 0.107. The Morgan fingerprint density at radius 2 is 2.06 bits per heavy atom. The fourth-order valence-corrected chi connectivity index (χ4v) is 4.60. The summed E-state index contributed by atoms with van der Waals surface area (Å²) in [6, 6.07) is 5.57. The van der Waals surface area contributed by atoms with Gasteiger partial charge in [-0.25, -0.2) is 14.8 Å². The minimum Gasteiger partial charge on any atom is -0.497 e. The molecule has 1 fully saturated rings. The Kier molecular flexibility index (Phi) is 7.60. The lowest BCUT2D eigenvalue weighted by molar-refractivity contribution is -0.0698. The van der Waals surface area contributed by atoms with Crippen molar-refractivity contribution in [2.24, 2.45) is 0 Å². The molecule has 1 aromatic carbocycles. The van der Waals surface area contributed by atoms with E-state index >= 15 is 0 Å². The van der Waals surface area contributed by atoms with Crippen LogP contribution in [0.3, 0.4) is 0 Å². The summed E-state index contributed by atoms with van der Waals surface area (Å²) in [6.45, 7) is 8.71. The lowest BCUT2D eigenvalue weighted by Gasteiger charge is -2.38. The Labute approximate surface area is 219 Å². The number of carbonyl (C=O) groups is 1. The number of ether oxygens (including phenoxy) is 4. The second-order valence-electron chi connectivity index (χ2n) is 9.59. The van der Waals surface area contributed by atoms with Crippen molar-refractivity contribution in [1.82, 2.24) is 19.3 Å². The number of hydrogen-bond acceptors (Lipinski definition) is 8. The first-order valence-corrected chi connectivity index (χ1v) is 12.5. The van der Waals surface area contributed by atoms with Gasteiger partial charge in [-0.15, -0.1) is 0 Å². The van der Waals surface area contributed by atoms with Crippen LogP contribution in [0.1, 0.15) is 45.2 Å². The number of carbonyl (C=O) groups excluding carboxylic acids is 1. The number of halogens is 1. The Morgan fingerprint density at radius 1 is 1.28 bits per heavy atom. The normalized spacial score (nSPS) is 18.2. The molecular formula is C25H32BrN5O5. The Balaban J connectivity index is 1.58. The van der Waals surface area contributed by atoms with Crippen LogP contribution < -0.4 is 14.8 Å². The number of amides is 1. The van der Waals surface area contributed by atoms with Crippen molar-refractivity contribution in [2.45, 2.75) is 52.0 Å². The predicted molar refractivity (Wildman–Crippen MR) is 139 cm³/mol. The number of nitrogens with zero attached hydrogens (tertiary/aromatic N) is 4. The third kappa shape index (κ3) is 5.52. The molecule has 1 aliphatic rings. The van der Waals surface area contributed by atoms with Crippen molar-refractivity contribution in [3.05, 3.63) is 46.6 Å². The van der Waals surface area contributed by atoms with Crippen molar-refractivity contribution in [3.63, 3.8) is 0 Å². The zero-order chi connectivity index (χ0) is 26.0. The van der Waals surface area contributed by atoms with E-state index in [2.05, 4.69) is 26.2 Å². The van der Waals surface area contributed by atoms with Crippen LogP contribution >= 0.6 is 15.9 Å². The van der Waals surface area contributed by atoms with Gasteiger partial charge in [0.2, 0.25) is 0 Å². The number of aromatic nitrogens is 3. The van der Waals surface area contributed by atoms with Crippen LogP contribution in [0.15, 0.2) is 35.2 Å². The number of morpholine rings is 1. The topological polar surface area (TPSA) is 99.5 Å². The van der Waals surface area contributed by atoms with Gasteiger partial charge in [-0.3, -0.25) is 4.40 Å². The zero-order valence-corrected chi connectivity index (χ0v) is 23.0. The molecule has 1 N–H and O–H groups in total. The molecule has 11 heteroatoms. The summed E-state index contributed by atoms with van der Waals surface area (Å²) in [5.74, 6) is 2.76. The third-order valence-electron chi connectivity index (χ3n) is 5.83. The Bertz CT molecular complexity index is 1240. The van der Waals surface area contributed by atoms with E-state index < -0.39 is 11.7 Å². The van der Waals surface area contributed by atoms with E-state index in [1.165, 1.54) is 0 Å². The summed E-state index contributed by atoms with van der Waals surface area (Å²) in [5.41, 5.74) is 1.15. The largest absolute Gasteiger partial charge is 0.497 e. The lowest BCUT2D eigenvalue weighted by atomic mass is 10.2. The van der Waals surface area contributed by atoms with Crippen molar-refractivity contribution in [3.8, 4) is 11.5 Å². The number of rotatable bonds is 6. The summed E-state index contributed by atoms with van der Waals surface area (Å²) in [6.07, 6.45) is 2.75. The molecule has 0 spiro atoms. The number of nitrogens with one attached hydrogen (secondary N) is 1. The van der Waals surface area contributed by atoms with Gasteiger partial charge in [-0.05, 0) is 55.8 Å². The first-order chi connectivity index (χ1) is 17.1. The second kappa shape index (κ2) is 10.5. The summed E-state index contributed by atoms with van der Waals surface area (Å²) in [5, 5.41) is 3.38. The van der Waals surface area contributed by atoms with Gasteiger partial charge < -0.3 is 29.2 Å². The minimum atomic E-state index is -0.577. The van der Waals surface area contributed by atoms with Crippen LogP contribution in [0.2, 0.25) is 0 Å². The maximum atomic E-state index is 12.8. The molecule has 194 valence electrons. The highest BCUT2D eigenvalue weighted by Gasteiger charge is 2.35. The Hall–Kier alpha value is -3.05. The van der Waals surface area contributed by atoms with Crippen LogP contribution in [-0.4, -0.2) is 64.4 Å². The van der Waals surface area contributed by atoms with Crippen LogP contribution in [0.5, 0.6) is 11.5 Å². The van der Waals surface area contributed by atoms with Crippen molar-refractivity contribution in [2.75, 3.05) is 32.7 Å². The van der Waals surface area contributed by atoms with Gasteiger partial charge >= 0.3 is 6.09 Å². The molecule has 2 aromatic heterocycles. The molecule has 0 radical (unpaired) electrons. The maximum Gasteiger partial charge on any atom is 0.410 e. The van der Waals surface area contributed by atoms with E-state index in [1.54, 1.807) is 25.3 Å². The smallest absolute Gasteiger partial charge is 0.410 e. The van der Waals surface area contributed by atoms with Gasteiger partial charge in [0.15, 0.2) is 5.82 Å². The number of methoxy groups -OCH3 is 2. The number of hydrogen-bond donors (Lipinski definition) is 1. The number of benzene rings is 1. The monoisotopic (exact) mass is 561 g/mol. The summed E-state index contributed by atoms with van der Waals surface area (Å²) in [4.78, 5) is 23.8. The number of fused-ring (bicyclic) bond motifs is 1. The highest BCUT2D eigenvalue weighted by Crippen LogP contribution is 2.32. The zero-order valence-electron chi connectivity index (χ0n) is 21.4. The van der Waals surface area contributed by atoms with Gasteiger partial charge in [-0.1, -0.05) is 0 Å².